The van der Waals surface area contributed by atoms with Gasteiger partial charge in [-0.3, -0.25) is 24.6 Å². The highest BCUT2D eigenvalue weighted by Gasteiger charge is 2.39. The summed E-state index contributed by atoms with van der Waals surface area (Å²) in [6.07, 6.45) is 2.66. The lowest BCUT2D eigenvalue weighted by Crippen LogP contribution is -2.52. The minimum Gasteiger partial charge on any atom is -0.322 e. The number of hydrogen-bond donors (Lipinski definition) is 1. The van der Waals surface area contributed by atoms with Gasteiger partial charge in [-0.05, 0) is 57.0 Å². The van der Waals surface area contributed by atoms with Gasteiger partial charge in [-0.1, -0.05) is 17.9 Å². The van der Waals surface area contributed by atoms with Crippen molar-refractivity contribution in [1.82, 2.24) is 20.1 Å². The average Bonchev–Trinajstić information content (AvgIpc) is 3.36. The maximum absolute atomic E-state index is 13.0. The highest BCUT2D eigenvalue weighted by Crippen LogP contribution is 2.30. The van der Waals surface area contributed by atoms with Crippen molar-refractivity contribution >= 4 is 29.1 Å². The van der Waals surface area contributed by atoms with E-state index in [1.54, 1.807) is 22.3 Å². The number of rotatable bonds is 3. The lowest BCUT2D eigenvalue weighted by atomic mass is 9.96. The van der Waals surface area contributed by atoms with Gasteiger partial charge in [0.15, 0.2) is 0 Å². The summed E-state index contributed by atoms with van der Waals surface area (Å²) in [6.45, 7) is 5.30. The molecule has 170 valence electrons. The van der Waals surface area contributed by atoms with Crippen LogP contribution >= 0.6 is 11.3 Å². The number of aryl methyl sites for hydroxylation is 1. The molecule has 8 heteroatoms. The van der Waals surface area contributed by atoms with E-state index >= 15 is 0 Å². The van der Waals surface area contributed by atoms with E-state index < -0.39 is 6.04 Å². The normalized spacial score (nSPS) is 21.5. The van der Waals surface area contributed by atoms with Crippen molar-refractivity contribution in [1.29, 1.82) is 0 Å². The number of aromatic nitrogens is 1. The van der Waals surface area contributed by atoms with E-state index in [0.29, 0.717) is 24.4 Å². The van der Waals surface area contributed by atoms with Crippen LogP contribution in [-0.2, 0) is 22.7 Å². The fourth-order valence-electron chi connectivity index (χ4n) is 4.78. The van der Waals surface area contributed by atoms with E-state index in [4.69, 9.17) is 0 Å². The third kappa shape index (κ3) is 4.56. The van der Waals surface area contributed by atoms with Gasteiger partial charge in [0.05, 0.1) is 6.54 Å². The molecule has 0 radical (unpaired) electrons. The third-order valence-electron chi connectivity index (χ3n) is 6.61. The fourth-order valence-corrected chi connectivity index (χ4v) is 5.60. The lowest BCUT2D eigenvalue weighted by molar-refractivity contribution is -0.136. The molecule has 3 amide bonds. The Morgan fingerprint density at radius 2 is 2.00 bits per heavy atom. The zero-order valence-corrected chi connectivity index (χ0v) is 19.4. The summed E-state index contributed by atoms with van der Waals surface area (Å²) in [5.74, 6) is 6.28. The van der Waals surface area contributed by atoms with E-state index in [0.717, 1.165) is 49.3 Å². The summed E-state index contributed by atoms with van der Waals surface area (Å²) in [5.41, 5.74) is 3.44. The van der Waals surface area contributed by atoms with Crippen molar-refractivity contribution in [3.05, 3.63) is 51.0 Å². The minimum absolute atomic E-state index is 0.158. The van der Waals surface area contributed by atoms with Crippen LogP contribution in [0.2, 0.25) is 0 Å². The molecular weight excluding hydrogens is 436 g/mol. The van der Waals surface area contributed by atoms with Crippen molar-refractivity contribution in [2.24, 2.45) is 5.92 Å². The number of carbonyl (C=O) groups excluding carboxylic acids is 3. The molecule has 2 aromatic rings. The molecule has 4 heterocycles. The van der Waals surface area contributed by atoms with Gasteiger partial charge in [0.25, 0.3) is 5.91 Å². The van der Waals surface area contributed by atoms with Crippen LogP contribution in [0.5, 0.6) is 0 Å². The van der Waals surface area contributed by atoms with Gasteiger partial charge in [-0.15, -0.1) is 11.3 Å². The molecule has 1 N–H and O–H groups in total. The minimum atomic E-state index is -0.602. The maximum atomic E-state index is 13.0. The summed E-state index contributed by atoms with van der Waals surface area (Å²) in [7, 11) is 0. The molecule has 1 aromatic carbocycles. The topological polar surface area (TPSA) is 82.6 Å². The second-order valence-electron chi connectivity index (χ2n) is 8.93. The zero-order chi connectivity index (χ0) is 22.9. The standard InChI is InChI=1S/C25H26N4O3S/c1-16-15-33-23(26-16)14-28-11-9-17(10-12-28)5-6-18-3-2-4-19-20(18)13-29(25(19)32)21-7-8-22(30)27-24(21)31/h2-4,15,17,21H,7-14H2,1H3,(H,27,30,31). The average molecular weight is 463 g/mol. The number of imide groups is 1. The first kappa shape index (κ1) is 21.8. The van der Waals surface area contributed by atoms with Crippen LogP contribution in [0.3, 0.4) is 0 Å². The van der Waals surface area contributed by atoms with Crippen LogP contribution in [0.25, 0.3) is 0 Å². The molecule has 0 spiro atoms. The molecule has 1 unspecified atom stereocenters. The second kappa shape index (κ2) is 9.08. The number of amides is 3. The van der Waals surface area contributed by atoms with Crippen molar-refractivity contribution < 1.29 is 14.4 Å². The number of fused-ring (bicyclic) bond motifs is 1. The van der Waals surface area contributed by atoms with Gasteiger partial charge < -0.3 is 4.90 Å². The van der Waals surface area contributed by atoms with E-state index in [1.165, 1.54) is 5.01 Å². The van der Waals surface area contributed by atoms with Crippen molar-refractivity contribution in [3.8, 4) is 11.8 Å². The molecule has 3 aliphatic rings. The molecule has 0 aliphatic carbocycles. The van der Waals surface area contributed by atoms with E-state index in [2.05, 4.69) is 32.4 Å². The Hall–Kier alpha value is -3.02. The van der Waals surface area contributed by atoms with Gasteiger partial charge >= 0.3 is 0 Å². The Kier molecular flexibility index (Phi) is 6.00. The first-order valence-electron chi connectivity index (χ1n) is 11.4. The summed E-state index contributed by atoms with van der Waals surface area (Å²) in [5, 5.41) is 5.61. The molecule has 7 nitrogen and oxygen atoms in total. The highest BCUT2D eigenvalue weighted by atomic mass is 32.1. The fraction of sp³-hybridized carbons (Fsp3) is 0.440. The molecule has 5 rings (SSSR count). The number of thiazole rings is 1. The van der Waals surface area contributed by atoms with Gasteiger partial charge in [-0.2, -0.15) is 0 Å². The van der Waals surface area contributed by atoms with Crippen LogP contribution in [0.15, 0.2) is 23.6 Å². The summed E-state index contributed by atoms with van der Waals surface area (Å²) >= 11 is 1.72. The Labute approximate surface area is 197 Å². The Bertz CT molecular complexity index is 1170. The molecule has 2 saturated heterocycles. The molecule has 1 atom stereocenters. The maximum Gasteiger partial charge on any atom is 0.255 e. The number of piperidine rings is 2. The van der Waals surface area contributed by atoms with E-state index in [-0.39, 0.29) is 24.1 Å². The third-order valence-corrected chi connectivity index (χ3v) is 7.56. The predicted molar refractivity (Wildman–Crippen MR) is 124 cm³/mol. The lowest BCUT2D eigenvalue weighted by Gasteiger charge is -2.29. The second-order valence-corrected chi connectivity index (χ2v) is 9.88. The van der Waals surface area contributed by atoms with Crippen LogP contribution in [0, 0.1) is 24.7 Å². The molecule has 1 aromatic heterocycles. The van der Waals surface area contributed by atoms with Crippen molar-refractivity contribution in [2.75, 3.05) is 13.1 Å². The molecule has 33 heavy (non-hydrogen) atoms. The summed E-state index contributed by atoms with van der Waals surface area (Å²) in [6, 6.07) is 5.00. The molecule has 2 fully saturated rings. The highest BCUT2D eigenvalue weighted by molar-refractivity contribution is 7.09. The molecule has 0 saturated carbocycles. The first-order valence-corrected chi connectivity index (χ1v) is 12.3. The van der Waals surface area contributed by atoms with E-state index in [1.807, 2.05) is 19.1 Å². The zero-order valence-electron chi connectivity index (χ0n) is 18.6. The first-order chi connectivity index (χ1) is 16.0. The smallest absolute Gasteiger partial charge is 0.255 e. The van der Waals surface area contributed by atoms with Crippen molar-refractivity contribution in [3.63, 3.8) is 0 Å². The number of likely N-dealkylation sites (tertiary alicyclic amines) is 1. The quantitative estimate of drug-likeness (QED) is 0.560. The number of hydrogen-bond acceptors (Lipinski definition) is 6. The van der Waals surface area contributed by atoms with Crippen LogP contribution in [0.4, 0.5) is 0 Å². The Balaban J connectivity index is 1.24. The van der Waals surface area contributed by atoms with Crippen molar-refractivity contribution in [2.45, 2.75) is 51.7 Å². The number of nitrogens with one attached hydrogen (secondary N) is 1. The van der Waals surface area contributed by atoms with Gasteiger partial charge in [0.2, 0.25) is 11.8 Å². The largest absolute Gasteiger partial charge is 0.322 e. The number of carbonyl (C=O) groups is 3. The van der Waals surface area contributed by atoms with E-state index in [9.17, 15) is 14.4 Å². The van der Waals surface area contributed by atoms with Gasteiger partial charge in [-0.25, -0.2) is 4.98 Å². The molecule has 0 bridgehead atoms. The van der Waals surface area contributed by atoms with Gasteiger partial charge in [0.1, 0.15) is 11.0 Å². The monoisotopic (exact) mass is 462 g/mol. The number of nitrogens with zero attached hydrogens (tertiary/aromatic N) is 3. The Morgan fingerprint density at radius 1 is 1.18 bits per heavy atom. The van der Waals surface area contributed by atoms with Crippen LogP contribution in [-0.4, -0.2) is 51.6 Å². The van der Waals surface area contributed by atoms with Gasteiger partial charge in [0, 0.05) is 41.1 Å². The molecule has 3 aliphatic heterocycles. The number of benzene rings is 1. The SMILES string of the molecule is Cc1csc(CN2CCC(C#Cc3cccc4c3CN(C3CCC(=O)NC3=O)C4=O)CC2)n1. The molecular formula is C25H26N4O3S. The summed E-state index contributed by atoms with van der Waals surface area (Å²) in [4.78, 5) is 45.3. The predicted octanol–water partition coefficient (Wildman–Crippen LogP) is 2.48. The Morgan fingerprint density at radius 3 is 2.73 bits per heavy atom. The van der Waals surface area contributed by atoms with Crippen LogP contribution in [0.1, 0.15) is 57.9 Å². The van der Waals surface area contributed by atoms with Crippen LogP contribution < -0.4 is 5.32 Å². The summed E-state index contributed by atoms with van der Waals surface area (Å²) < 4.78 is 0.